The zero-order valence-electron chi connectivity index (χ0n) is 11.6. The molecule has 2 aromatic rings. The van der Waals surface area contributed by atoms with Crippen molar-refractivity contribution in [2.24, 2.45) is 0 Å². The highest BCUT2D eigenvalue weighted by Gasteiger charge is 2.09. The first-order valence-electron chi connectivity index (χ1n) is 6.52. The predicted octanol–water partition coefficient (Wildman–Crippen LogP) is 3.55. The molecule has 0 unspecified atom stereocenters. The average molecular weight is 307 g/mol. The minimum atomic E-state index is -0.441. The monoisotopic (exact) mass is 306 g/mol. The van der Waals surface area contributed by atoms with E-state index >= 15 is 0 Å². The number of hydrogen-bond acceptors (Lipinski definition) is 2. The van der Waals surface area contributed by atoms with Crippen LogP contribution >= 0.6 is 11.6 Å². The van der Waals surface area contributed by atoms with Crippen LogP contribution in [0, 0.1) is 5.82 Å². The molecule has 0 aromatic heterocycles. The molecule has 2 aromatic carbocycles. The fourth-order valence-electron chi connectivity index (χ4n) is 2.00. The van der Waals surface area contributed by atoms with Gasteiger partial charge in [0.15, 0.2) is 0 Å². The molecule has 0 fully saturated rings. The molecule has 3 nitrogen and oxygen atoms in total. The van der Waals surface area contributed by atoms with Crippen LogP contribution in [-0.4, -0.2) is 24.4 Å². The third kappa shape index (κ3) is 4.85. The van der Waals surface area contributed by atoms with Crippen molar-refractivity contribution in [2.45, 2.75) is 6.54 Å². The van der Waals surface area contributed by atoms with Gasteiger partial charge in [-0.15, -0.1) is 0 Å². The van der Waals surface area contributed by atoms with Gasteiger partial charge in [0, 0.05) is 11.6 Å². The van der Waals surface area contributed by atoms with Gasteiger partial charge in [-0.25, -0.2) is 4.39 Å². The summed E-state index contributed by atoms with van der Waals surface area (Å²) in [5.41, 5.74) is 1.21. The highest BCUT2D eigenvalue weighted by molar-refractivity contribution is 6.30. The highest BCUT2D eigenvalue weighted by atomic mass is 35.5. The second kappa shape index (κ2) is 7.20. The van der Waals surface area contributed by atoms with Crippen molar-refractivity contribution in [2.75, 3.05) is 18.9 Å². The van der Waals surface area contributed by atoms with Gasteiger partial charge in [0.25, 0.3) is 0 Å². The summed E-state index contributed by atoms with van der Waals surface area (Å²) >= 11 is 5.92. The SMILES string of the molecule is CN(CC(=O)Nc1ccccc1F)Cc1cccc(Cl)c1. The summed E-state index contributed by atoms with van der Waals surface area (Å²) in [6.07, 6.45) is 0. The Morgan fingerprint density at radius 1 is 1.24 bits per heavy atom. The number of halogens is 2. The Balaban J connectivity index is 1.89. The Bertz CT molecular complexity index is 633. The van der Waals surface area contributed by atoms with Gasteiger partial charge in [0.05, 0.1) is 12.2 Å². The second-order valence-electron chi connectivity index (χ2n) is 4.83. The molecular formula is C16H16ClFN2O. The third-order valence-corrected chi connectivity index (χ3v) is 3.14. The lowest BCUT2D eigenvalue weighted by atomic mass is 10.2. The van der Waals surface area contributed by atoms with E-state index in [1.807, 2.05) is 30.1 Å². The van der Waals surface area contributed by atoms with E-state index in [2.05, 4.69) is 5.32 Å². The van der Waals surface area contributed by atoms with Crippen LogP contribution < -0.4 is 5.32 Å². The summed E-state index contributed by atoms with van der Waals surface area (Å²) in [5, 5.41) is 3.22. The number of likely N-dealkylation sites (N-methyl/N-ethyl adjacent to an activating group) is 1. The van der Waals surface area contributed by atoms with E-state index in [0.717, 1.165) is 5.56 Å². The predicted molar refractivity (Wildman–Crippen MR) is 82.8 cm³/mol. The van der Waals surface area contributed by atoms with Gasteiger partial charge >= 0.3 is 0 Å². The van der Waals surface area contributed by atoms with E-state index in [1.54, 1.807) is 18.2 Å². The maximum absolute atomic E-state index is 13.4. The molecule has 1 N–H and O–H groups in total. The molecule has 0 atom stereocenters. The minimum absolute atomic E-state index is 0.168. The van der Waals surface area contributed by atoms with Crippen molar-refractivity contribution in [1.82, 2.24) is 4.90 Å². The first-order valence-corrected chi connectivity index (χ1v) is 6.90. The zero-order chi connectivity index (χ0) is 15.2. The van der Waals surface area contributed by atoms with Crippen LogP contribution in [0.4, 0.5) is 10.1 Å². The number of hydrogen-bond donors (Lipinski definition) is 1. The smallest absolute Gasteiger partial charge is 0.238 e. The number of carbonyl (C=O) groups is 1. The topological polar surface area (TPSA) is 32.3 Å². The lowest BCUT2D eigenvalue weighted by molar-refractivity contribution is -0.117. The second-order valence-corrected chi connectivity index (χ2v) is 5.27. The van der Waals surface area contributed by atoms with Crippen LogP contribution in [0.3, 0.4) is 0 Å². The molecule has 0 spiro atoms. The average Bonchev–Trinajstić information content (AvgIpc) is 2.41. The molecule has 1 amide bonds. The number of anilines is 1. The summed E-state index contributed by atoms with van der Waals surface area (Å²) < 4.78 is 13.4. The number of benzene rings is 2. The molecule has 110 valence electrons. The Hall–Kier alpha value is -1.91. The van der Waals surface area contributed by atoms with Crippen LogP contribution in [0.15, 0.2) is 48.5 Å². The summed E-state index contributed by atoms with van der Waals surface area (Å²) in [6.45, 7) is 0.756. The fraction of sp³-hybridized carbons (Fsp3) is 0.188. The van der Waals surface area contributed by atoms with Crippen molar-refractivity contribution < 1.29 is 9.18 Å². The quantitative estimate of drug-likeness (QED) is 0.916. The lowest BCUT2D eigenvalue weighted by Crippen LogP contribution is -2.30. The number of nitrogens with one attached hydrogen (secondary N) is 1. The Labute approximate surface area is 128 Å². The van der Waals surface area contributed by atoms with Gasteiger partial charge in [-0.1, -0.05) is 35.9 Å². The van der Waals surface area contributed by atoms with E-state index in [0.29, 0.717) is 11.6 Å². The number of rotatable bonds is 5. The fourth-order valence-corrected chi connectivity index (χ4v) is 2.21. The molecule has 21 heavy (non-hydrogen) atoms. The molecular weight excluding hydrogens is 291 g/mol. The summed E-state index contributed by atoms with van der Waals surface area (Å²) in [4.78, 5) is 13.7. The highest BCUT2D eigenvalue weighted by Crippen LogP contribution is 2.13. The third-order valence-electron chi connectivity index (χ3n) is 2.90. The summed E-state index contributed by atoms with van der Waals surface area (Å²) in [5.74, 6) is -0.701. The van der Waals surface area contributed by atoms with Crippen LogP contribution in [0.5, 0.6) is 0 Å². The van der Waals surface area contributed by atoms with Crippen molar-refractivity contribution in [3.05, 3.63) is 64.9 Å². The number of nitrogens with zero attached hydrogens (tertiary/aromatic N) is 1. The number of amides is 1. The first-order chi connectivity index (χ1) is 10.0. The first kappa shape index (κ1) is 15.5. The largest absolute Gasteiger partial charge is 0.322 e. The molecule has 0 aliphatic heterocycles. The molecule has 5 heteroatoms. The normalized spacial score (nSPS) is 10.7. The van der Waals surface area contributed by atoms with Gasteiger partial charge in [0.2, 0.25) is 5.91 Å². The van der Waals surface area contributed by atoms with Crippen LogP contribution in [0.1, 0.15) is 5.56 Å². The molecule has 0 aliphatic rings. The van der Waals surface area contributed by atoms with Gasteiger partial charge in [-0.3, -0.25) is 9.69 Å². The van der Waals surface area contributed by atoms with E-state index < -0.39 is 5.82 Å². The van der Waals surface area contributed by atoms with Crippen LogP contribution in [-0.2, 0) is 11.3 Å². The summed E-state index contributed by atoms with van der Waals surface area (Å²) in [6, 6.07) is 13.6. The molecule has 0 saturated carbocycles. The van der Waals surface area contributed by atoms with Gasteiger partial charge in [-0.05, 0) is 36.9 Å². The van der Waals surface area contributed by atoms with Crippen molar-refractivity contribution in [3.63, 3.8) is 0 Å². The molecule has 0 bridgehead atoms. The van der Waals surface area contributed by atoms with Crippen molar-refractivity contribution in [1.29, 1.82) is 0 Å². The van der Waals surface area contributed by atoms with Gasteiger partial charge in [0.1, 0.15) is 5.82 Å². The van der Waals surface area contributed by atoms with E-state index in [9.17, 15) is 9.18 Å². The summed E-state index contributed by atoms with van der Waals surface area (Å²) in [7, 11) is 1.82. The Kier molecular flexibility index (Phi) is 5.31. The minimum Gasteiger partial charge on any atom is -0.322 e. The Morgan fingerprint density at radius 3 is 2.71 bits per heavy atom. The van der Waals surface area contributed by atoms with Crippen LogP contribution in [0.2, 0.25) is 5.02 Å². The van der Waals surface area contributed by atoms with Crippen molar-refractivity contribution in [3.8, 4) is 0 Å². The molecule has 0 saturated heterocycles. The molecule has 0 radical (unpaired) electrons. The van der Waals surface area contributed by atoms with Gasteiger partial charge < -0.3 is 5.32 Å². The zero-order valence-corrected chi connectivity index (χ0v) is 12.4. The number of para-hydroxylation sites is 1. The van der Waals surface area contributed by atoms with Gasteiger partial charge in [-0.2, -0.15) is 0 Å². The lowest BCUT2D eigenvalue weighted by Gasteiger charge is -2.16. The van der Waals surface area contributed by atoms with Crippen LogP contribution in [0.25, 0.3) is 0 Å². The molecule has 0 aliphatic carbocycles. The van der Waals surface area contributed by atoms with E-state index in [1.165, 1.54) is 12.1 Å². The Morgan fingerprint density at radius 2 is 2.00 bits per heavy atom. The van der Waals surface area contributed by atoms with Crippen molar-refractivity contribution >= 4 is 23.2 Å². The standard InChI is InChI=1S/C16H16ClFN2O/c1-20(10-12-5-4-6-13(17)9-12)11-16(21)19-15-8-3-2-7-14(15)18/h2-9H,10-11H2,1H3,(H,19,21). The maximum atomic E-state index is 13.4. The van der Waals surface area contributed by atoms with E-state index in [-0.39, 0.29) is 18.1 Å². The maximum Gasteiger partial charge on any atom is 0.238 e. The molecule has 2 rings (SSSR count). The van der Waals surface area contributed by atoms with E-state index in [4.69, 9.17) is 11.6 Å². The number of carbonyl (C=O) groups excluding carboxylic acids is 1. The molecule has 0 heterocycles.